The van der Waals surface area contributed by atoms with E-state index in [0.29, 0.717) is 12.8 Å². The number of carbonyl (C=O) groups excluding carboxylic acids is 1. The molecule has 1 rings (SSSR count). The number of Topliss-reactive ketones (excluding diaryl/α,β-unsaturated/α-hetero) is 1. The Morgan fingerprint density at radius 1 is 1.64 bits per heavy atom. The quantitative estimate of drug-likeness (QED) is 0.653. The van der Waals surface area contributed by atoms with E-state index in [4.69, 9.17) is 0 Å². The molecule has 0 atom stereocenters. The smallest absolute Gasteiger partial charge is 0.137 e. The van der Waals surface area contributed by atoms with Gasteiger partial charge >= 0.3 is 0 Å². The molecule has 0 aliphatic rings. The zero-order valence-corrected chi connectivity index (χ0v) is 6.58. The van der Waals surface area contributed by atoms with E-state index >= 15 is 0 Å². The van der Waals surface area contributed by atoms with E-state index in [1.54, 1.807) is 12.4 Å². The van der Waals surface area contributed by atoms with Gasteiger partial charge in [-0.25, -0.2) is 0 Å². The normalized spacial score (nSPS) is 9.55. The molecule has 0 saturated carbocycles. The van der Waals surface area contributed by atoms with E-state index in [1.165, 1.54) is 0 Å². The van der Waals surface area contributed by atoms with Gasteiger partial charge in [-0.05, 0) is 11.6 Å². The minimum absolute atomic E-state index is 0.262. The molecule has 2 heteroatoms. The average molecular weight is 149 g/mol. The molecular weight excluding hydrogens is 138 g/mol. The Morgan fingerprint density at radius 3 is 3.00 bits per heavy atom. The van der Waals surface area contributed by atoms with Crippen LogP contribution in [0, 0.1) is 0 Å². The summed E-state index contributed by atoms with van der Waals surface area (Å²) in [5.74, 6) is 0.262. The van der Waals surface area contributed by atoms with E-state index in [9.17, 15) is 4.79 Å². The van der Waals surface area contributed by atoms with Crippen LogP contribution in [0.3, 0.4) is 0 Å². The van der Waals surface area contributed by atoms with Gasteiger partial charge in [-0.3, -0.25) is 9.78 Å². The van der Waals surface area contributed by atoms with Crippen molar-refractivity contribution in [1.82, 2.24) is 4.98 Å². The van der Waals surface area contributed by atoms with E-state index in [2.05, 4.69) is 4.98 Å². The van der Waals surface area contributed by atoms with Crippen LogP contribution < -0.4 is 0 Å². The van der Waals surface area contributed by atoms with Gasteiger partial charge in [0.05, 0.1) is 0 Å². The molecule has 0 radical (unpaired) electrons. The summed E-state index contributed by atoms with van der Waals surface area (Å²) in [5.41, 5.74) is 0.999. The topological polar surface area (TPSA) is 30.0 Å². The zero-order chi connectivity index (χ0) is 8.10. The van der Waals surface area contributed by atoms with Crippen LogP contribution in [0.25, 0.3) is 0 Å². The fourth-order valence-corrected chi connectivity index (χ4v) is 0.855. The summed E-state index contributed by atoms with van der Waals surface area (Å²) in [6.07, 6.45) is 4.56. The summed E-state index contributed by atoms with van der Waals surface area (Å²) in [6.45, 7) is 1.87. The Kier molecular flexibility index (Phi) is 2.78. The Hall–Kier alpha value is -1.18. The Labute approximate surface area is 66.3 Å². The van der Waals surface area contributed by atoms with Crippen molar-refractivity contribution in [2.75, 3.05) is 0 Å². The van der Waals surface area contributed by atoms with E-state index < -0.39 is 0 Å². The second-order valence-corrected chi connectivity index (χ2v) is 2.43. The zero-order valence-electron chi connectivity index (χ0n) is 6.58. The van der Waals surface area contributed by atoms with Crippen molar-refractivity contribution in [3.8, 4) is 0 Å². The third-order valence-corrected chi connectivity index (χ3v) is 1.52. The minimum atomic E-state index is 0.262. The van der Waals surface area contributed by atoms with Gasteiger partial charge in [0.25, 0.3) is 0 Å². The first-order valence-corrected chi connectivity index (χ1v) is 3.73. The maximum Gasteiger partial charge on any atom is 0.137 e. The van der Waals surface area contributed by atoms with Gasteiger partial charge in [0.2, 0.25) is 0 Å². The summed E-state index contributed by atoms with van der Waals surface area (Å²) < 4.78 is 0. The summed E-state index contributed by atoms with van der Waals surface area (Å²) >= 11 is 0. The predicted molar refractivity (Wildman–Crippen MR) is 43.2 cm³/mol. The molecule has 11 heavy (non-hydrogen) atoms. The van der Waals surface area contributed by atoms with Crippen molar-refractivity contribution in [3.05, 3.63) is 30.1 Å². The molecule has 0 aliphatic heterocycles. The maximum absolute atomic E-state index is 11.0. The van der Waals surface area contributed by atoms with Crippen molar-refractivity contribution in [3.63, 3.8) is 0 Å². The van der Waals surface area contributed by atoms with Crippen molar-refractivity contribution in [1.29, 1.82) is 0 Å². The van der Waals surface area contributed by atoms with Gasteiger partial charge in [0, 0.05) is 25.2 Å². The molecule has 0 aliphatic carbocycles. The number of pyridine rings is 1. The third kappa shape index (κ3) is 2.50. The molecule has 0 bridgehead atoms. The molecule has 1 aromatic heterocycles. The van der Waals surface area contributed by atoms with Gasteiger partial charge in [-0.2, -0.15) is 0 Å². The van der Waals surface area contributed by atoms with Gasteiger partial charge in [-0.1, -0.05) is 13.0 Å². The Balaban J connectivity index is 2.58. The molecule has 1 heterocycles. The number of rotatable bonds is 3. The van der Waals surface area contributed by atoms with Crippen molar-refractivity contribution < 1.29 is 4.79 Å². The lowest BCUT2D eigenvalue weighted by Crippen LogP contribution is -1.99. The van der Waals surface area contributed by atoms with Crippen LogP contribution in [0.5, 0.6) is 0 Å². The first-order valence-electron chi connectivity index (χ1n) is 3.73. The van der Waals surface area contributed by atoms with Crippen LogP contribution in [0.4, 0.5) is 0 Å². The number of carbonyl (C=O) groups is 1. The van der Waals surface area contributed by atoms with Gasteiger partial charge < -0.3 is 0 Å². The molecule has 0 saturated heterocycles. The van der Waals surface area contributed by atoms with Crippen LogP contribution in [-0.2, 0) is 11.2 Å². The first-order chi connectivity index (χ1) is 5.33. The molecule has 58 valence electrons. The number of hydrogen-bond acceptors (Lipinski definition) is 2. The van der Waals surface area contributed by atoms with Gasteiger partial charge in [0.15, 0.2) is 0 Å². The van der Waals surface area contributed by atoms with Gasteiger partial charge in [0.1, 0.15) is 5.78 Å². The van der Waals surface area contributed by atoms with Crippen molar-refractivity contribution in [2.24, 2.45) is 0 Å². The van der Waals surface area contributed by atoms with Gasteiger partial charge in [-0.15, -0.1) is 0 Å². The first kappa shape index (κ1) is 7.92. The minimum Gasteiger partial charge on any atom is -0.299 e. The largest absolute Gasteiger partial charge is 0.299 e. The highest BCUT2D eigenvalue weighted by atomic mass is 16.1. The molecule has 0 aromatic carbocycles. The highest BCUT2D eigenvalue weighted by Gasteiger charge is 1.98. The van der Waals surface area contributed by atoms with Crippen LogP contribution >= 0.6 is 0 Å². The summed E-state index contributed by atoms with van der Waals surface area (Å²) in [4.78, 5) is 14.9. The van der Waals surface area contributed by atoms with Crippen molar-refractivity contribution in [2.45, 2.75) is 19.8 Å². The lowest BCUT2D eigenvalue weighted by molar-refractivity contribution is -0.118. The number of ketones is 1. The molecule has 0 spiro atoms. The second kappa shape index (κ2) is 3.86. The molecule has 2 nitrogen and oxygen atoms in total. The second-order valence-electron chi connectivity index (χ2n) is 2.43. The number of hydrogen-bond donors (Lipinski definition) is 0. The molecule has 0 amide bonds. The standard InChI is InChI=1S/C9H11NO/c1-2-9(11)6-8-4-3-5-10-7-8/h3-5,7H,2,6H2,1H3. The van der Waals surface area contributed by atoms with Crippen LogP contribution in [0.1, 0.15) is 18.9 Å². The fourth-order valence-electron chi connectivity index (χ4n) is 0.855. The Morgan fingerprint density at radius 2 is 2.45 bits per heavy atom. The molecule has 1 aromatic rings. The molecule has 0 N–H and O–H groups in total. The number of aromatic nitrogens is 1. The fraction of sp³-hybridized carbons (Fsp3) is 0.333. The van der Waals surface area contributed by atoms with Crippen molar-refractivity contribution >= 4 is 5.78 Å². The summed E-state index contributed by atoms with van der Waals surface area (Å²) in [5, 5.41) is 0. The highest BCUT2D eigenvalue weighted by molar-refractivity contribution is 5.80. The summed E-state index contributed by atoms with van der Waals surface area (Å²) in [7, 11) is 0. The predicted octanol–water partition coefficient (Wildman–Crippen LogP) is 1.60. The van der Waals surface area contributed by atoms with Crippen LogP contribution in [-0.4, -0.2) is 10.8 Å². The third-order valence-electron chi connectivity index (χ3n) is 1.52. The lowest BCUT2D eigenvalue weighted by Gasteiger charge is -1.95. The SMILES string of the molecule is CCC(=O)Cc1cccnc1. The van der Waals surface area contributed by atoms with Crippen LogP contribution in [0.2, 0.25) is 0 Å². The lowest BCUT2D eigenvalue weighted by atomic mass is 10.1. The average Bonchev–Trinajstić information content (AvgIpc) is 2.06. The molecular formula is C9H11NO. The molecule has 0 fully saturated rings. The monoisotopic (exact) mass is 149 g/mol. The maximum atomic E-state index is 11.0. The summed E-state index contributed by atoms with van der Waals surface area (Å²) in [6, 6.07) is 3.76. The van der Waals surface area contributed by atoms with E-state index in [0.717, 1.165) is 5.56 Å². The number of nitrogens with zero attached hydrogens (tertiary/aromatic N) is 1. The van der Waals surface area contributed by atoms with E-state index in [-0.39, 0.29) is 5.78 Å². The molecule has 0 unspecified atom stereocenters. The van der Waals surface area contributed by atoms with Crippen LogP contribution in [0.15, 0.2) is 24.5 Å². The van der Waals surface area contributed by atoms with E-state index in [1.807, 2.05) is 19.1 Å². The highest BCUT2D eigenvalue weighted by Crippen LogP contribution is 1.98. The Bertz CT molecular complexity index is 231.